The van der Waals surface area contributed by atoms with Crippen molar-refractivity contribution in [1.29, 1.82) is 0 Å². The molecule has 0 saturated heterocycles. The number of alkyl halides is 3. The summed E-state index contributed by atoms with van der Waals surface area (Å²) in [4.78, 5) is 12.8. The second-order valence-electron chi connectivity index (χ2n) is 6.80. The maximum Gasteiger partial charge on any atom is 0.416 e. The van der Waals surface area contributed by atoms with Crippen LogP contribution in [-0.2, 0) is 24.1 Å². The molecule has 0 aliphatic heterocycles. The minimum atomic E-state index is -4.42. The number of rotatable bonds is 8. The van der Waals surface area contributed by atoms with Gasteiger partial charge in [-0.05, 0) is 29.8 Å². The van der Waals surface area contributed by atoms with Crippen molar-refractivity contribution in [1.82, 2.24) is 15.1 Å². The highest BCUT2D eigenvalue weighted by atomic mass is 19.4. The number of hydrogen-bond acceptors (Lipinski definition) is 3. The van der Waals surface area contributed by atoms with Crippen LogP contribution in [0.3, 0.4) is 0 Å². The van der Waals surface area contributed by atoms with E-state index < -0.39 is 23.5 Å². The van der Waals surface area contributed by atoms with Gasteiger partial charge >= 0.3 is 12.1 Å². The van der Waals surface area contributed by atoms with Gasteiger partial charge in [0.25, 0.3) is 0 Å². The van der Waals surface area contributed by atoms with Crippen molar-refractivity contribution in [2.24, 2.45) is 0 Å². The van der Waals surface area contributed by atoms with Crippen LogP contribution in [0, 0.1) is 5.82 Å². The second-order valence-corrected chi connectivity index (χ2v) is 6.80. The van der Waals surface area contributed by atoms with Crippen LogP contribution in [-0.4, -0.2) is 32.7 Å². The molecule has 0 aliphatic rings. The first-order chi connectivity index (χ1) is 14.2. The Balaban J connectivity index is 1.81. The number of carboxylic acids is 1. The highest BCUT2D eigenvalue weighted by Crippen LogP contribution is 2.29. The molecule has 3 rings (SSSR count). The van der Waals surface area contributed by atoms with E-state index in [-0.39, 0.29) is 26.1 Å². The molecule has 9 heteroatoms. The Kier molecular flexibility index (Phi) is 6.51. The monoisotopic (exact) mass is 421 g/mol. The van der Waals surface area contributed by atoms with E-state index in [1.165, 1.54) is 24.4 Å². The minimum Gasteiger partial charge on any atom is -0.481 e. The molecule has 3 aromatic rings. The van der Waals surface area contributed by atoms with Crippen molar-refractivity contribution in [2.45, 2.75) is 25.7 Å². The molecule has 2 N–H and O–H groups in total. The zero-order valence-electron chi connectivity index (χ0n) is 15.8. The summed E-state index contributed by atoms with van der Waals surface area (Å²) in [6.45, 7) is 0.639. The van der Waals surface area contributed by atoms with E-state index in [1.807, 2.05) is 0 Å². The van der Waals surface area contributed by atoms with Crippen molar-refractivity contribution >= 4 is 5.97 Å². The largest absolute Gasteiger partial charge is 0.481 e. The Bertz CT molecular complexity index is 1000. The van der Waals surface area contributed by atoms with Gasteiger partial charge in [0.05, 0.1) is 23.9 Å². The molecular weight excluding hydrogens is 402 g/mol. The first kappa shape index (κ1) is 21.5. The highest BCUT2D eigenvalue weighted by Gasteiger charge is 2.30. The topological polar surface area (TPSA) is 69.2 Å². The quantitative estimate of drug-likeness (QED) is 0.517. The summed E-state index contributed by atoms with van der Waals surface area (Å²) in [5.41, 5.74) is 1.31. The Morgan fingerprint density at radius 1 is 1.07 bits per heavy atom. The van der Waals surface area contributed by atoms with Gasteiger partial charge < -0.3 is 5.11 Å². The third kappa shape index (κ3) is 5.44. The number of benzene rings is 2. The normalized spacial score (nSPS) is 11.8. The van der Waals surface area contributed by atoms with Crippen LogP contribution < -0.4 is 0 Å². The number of hydrogen-bond donors (Lipinski definition) is 2. The van der Waals surface area contributed by atoms with E-state index in [2.05, 4.69) is 10.2 Å². The van der Waals surface area contributed by atoms with Crippen molar-refractivity contribution in [3.05, 3.63) is 77.2 Å². The number of nitrogens with one attached hydrogen (secondary N) is 1. The molecule has 0 fully saturated rings. The van der Waals surface area contributed by atoms with Gasteiger partial charge in [0.15, 0.2) is 0 Å². The van der Waals surface area contributed by atoms with Gasteiger partial charge in [0, 0.05) is 30.8 Å². The van der Waals surface area contributed by atoms with Crippen molar-refractivity contribution in [3.8, 4) is 11.3 Å². The maximum atomic E-state index is 14.2. The van der Waals surface area contributed by atoms with Gasteiger partial charge in [-0.1, -0.05) is 24.3 Å². The number of carboxylic acid groups (broad SMARTS) is 1. The van der Waals surface area contributed by atoms with E-state index in [1.54, 1.807) is 23.1 Å². The summed E-state index contributed by atoms with van der Waals surface area (Å²) in [6.07, 6.45) is -3.04. The number of H-pyrrole nitrogens is 1. The van der Waals surface area contributed by atoms with Crippen LogP contribution in [0.15, 0.2) is 54.7 Å². The second kappa shape index (κ2) is 9.08. The van der Waals surface area contributed by atoms with Crippen molar-refractivity contribution in [3.63, 3.8) is 0 Å². The number of halogens is 4. The first-order valence-corrected chi connectivity index (χ1v) is 9.11. The summed E-state index contributed by atoms with van der Waals surface area (Å²) in [6, 6.07) is 10.9. The average molecular weight is 421 g/mol. The van der Waals surface area contributed by atoms with Crippen LogP contribution in [0.2, 0.25) is 0 Å². The fraction of sp³-hybridized carbons (Fsp3) is 0.238. The van der Waals surface area contributed by atoms with Gasteiger partial charge in [-0.2, -0.15) is 18.3 Å². The van der Waals surface area contributed by atoms with E-state index in [4.69, 9.17) is 5.11 Å². The Morgan fingerprint density at radius 3 is 2.40 bits per heavy atom. The SMILES string of the molecule is O=C(O)CCN(Cc1ccc(C(F)(F)F)cc1)Cc1cn[nH]c1-c1ccccc1F. The third-order valence-electron chi connectivity index (χ3n) is 4.58. The zero-order valence-corrected chi connectivity index (χ0v) is 15.8. The molecule has 5 nitrogen and oxygen atoms in total. The van der Waals surface area contributed by atoms with Crippen LogP contribution >= 0.6 is 0 Å². The predicted molar refractivity (Wildman–Crippen MR) is 102 cm³/mol. The van der Waals surface area contributed by atoms with Gasteiger partial charge in [0.2, 0.25) is 0 Å². The Hall–Kier alpha value is -3.20. The van der Waals surface area contributed by atoms with E-state index >= 15 is 0 Å². The fourth-order valence-electron chi connectivity index (χ4n) is 3.09. The molecule has 1 heterocycles. The predicted octanol–water partition coefficient (Wildman–Crippen LogP) is 4.71. The fourth-order valence-corrected chi connectivity index (χ4v) is 3.09. The molecule has 0 amide bonds. The number of carbonyl (C=O) groups is 1. The first-order valence-electron chi connectivity index (χ1n) is 9.11. The molecule has 0 aliphatic carbocycles. The highest BCUT2D eigenvalue weighted by molar-refractivity contribution is 5.67. The zero-order chi connectivity index (χ0) is 21.7. The van der Waals surface area contributed by atoms with Gasteiger partial charge in [-0.25, -0.2) is 4.39 Å². The summed E-state index contributed by atoms with van der Waals surface area (Å²) in [5.74, 6) is -1.42. The third-order valence-corrected chi connectivity index (χ3v) is 4.58. The molecule has 158 valence electrons. The summed E-state index contributed by atoms with van der Waals surface area (Å²) < 4.78 is 52.5. The molecule has 0 unspecified atom stereocenters. The van der Waals surface area contributed by atoms with Crippen LogP contribution in [0.4, 0.5) is 17.6 Å². The lowest BCUT2D eigenvalue weighted by Crippen LogP contribution is -2.26. The molecule has 30 heavy (non-hydrogen) atoms. The lowest BCUT2D eigenvalue weighted by Gasteiger charge is -2.22. The molecule has 2 aromatic carbocycles. The number of aliphatic carboxylic acids is 1. The number of aromatic amines is 1. The smallest absolute Gasteiger partial charge is 0.416 e. The van der Waals surface area contributed by atoms with E-state index in [9.17, 15) is 22.4 Å². The molecule has 1 aromatic heterocycles. The van der Waals surface area contributed by atoms with Crippen LogP contribution in [0.1, 0.15) is 23.1 Å². The average Bonchev–Trinajstić information content (AvgIpc) is 3.14. The molecule has 0 radical (unpaired) electrons. The standard InChI is InChI=1S/C21H19F4N3O2/c22-18-4-2-1-3-17(18)20-15(11-26-27-20)13-28(10-9-19(29)30)12-14-5-7-16(8-6-14)21(23,24)25/h1-8,11H,9-10,12-13H2,(H,26,27)(H,29,30). The molecule has 0 spiro atoms. The number of aromatic nitrogens is 2. The van der Waals surface area contributed by atoms with E-state index in [0.717, 1.165) is 12.1 Å². The number of nitrogens with zero attached hydrogens (tertiary/aromatic N) is 2. The Labute approximate surface area is 170 Å². The molecular formula is C21H19F4N3O2. The lowest BCUT2D eigenvalue weighted by molar-refractivity contribution is -0.138. The van der Waals surface area contributed by atoms with Crippen LogP contribution in [0.5, 0.6) is 0 Å². The maximum absolute atomic E-state index is 14.2. The lowest BCUT2D eigenvalue weighted by atomic mass is 10.1. The minimum absolute atomic E-state index is 0.145. The summed E-state index contributed by atoms with van der Waals surface area (Å²) in [7, 11) is 0. The van der Waals surface area contributed by atoms with Crippen molar-refractivity contribution < 1.29 is 27.5 Å². The summed E-state index contributed by atoms with van der Waals surface area (Å²) >= 11 is 0. The summed E-state index contributed by atoms with van der Waals surface area (Å²) in [5, 5.41) is 15.8. The Morgan fingerprint density at radius 2 is 1.77 bits per heavy atom. The molecule has 0 saturated carbocycles. The molecule has 0 atom stereocenters. The van der Waals surface area contributed by atoms with Crippen molar-refractivity contribution in [2.75, 3.05) is 6.54 Å². The van der Waals surface area contributed by atoms with Gasteiger partial charge in [-0.3, -0.25) is 14.8 Å². The van der Waals surface area contributed by atoms with E-state index in [0.29, 0.717) is 22.4 Å². The van der Waals surface area contributed by atoms with Gasteiger partial charge in [-0.15, -0.1) is 0 Å². The van der Waals surface area contributed by atoms with Crippen LogP contribution in [0.25, 0.3) is 11.3 Å². The van der Waals surface area contributed by atoms with Gasteiger partial charge in [0.1, 0.15) is 5.82 Å². The molecule has 0 bridgehead atoms.